The molecule has 1 aliphatic rings. The summed E-state index contributed by atoms with van der Waals surface area (Å²) in [6, 6.07) is 16.2. The van der Waals surface area contributed by atoms with E-state index in [4.69, 9.17) is 0 Å². The lowest BCUT2D eigenvalue weighted by atomic mass is 10.1. The van der Waals surface area contributed by atoms with Crippen molar-refractivity contribution in [3.05, 3.63) is 77.1 Å². The lowest BCUT2D eigenvalue weighted by Gasteiger charge is -2.09. The number of carbonyl (C=O) groups excluding carboxylic acids is 1. The zero-order valence-electron chi connectivity index (χ0n) is 14.2. The van der Waals surface area contributed by atoms with Crippen molar-refractivity contribution in [2.75, 3.05) is 10.6 Å². The van der Waals surface area contributed by atoms with Gasteiger partial charge >= 0.3 is 0 Å². The molecule has 124 valence electrons. The number of rotatable bonds is 3. The maximum Gasteiger partial charge on any atom is 0.256 e. The second-order valence-electron chi connectivity index (χ2n) is 6.40. The third-order valence-corrected chi connectivity index (χ3v) is 4.26. The molecule has 2 aromatic carbocycles. The molecular weight excluding hydrogens is 310 g/mol. The molecule has 1 amide bonds. The van der Waals surface area contributed by atoms with Gasteiger partial charge in [0, 0.05) is 28.8 Å². The van der Waals surface area contributed by atoms with E-state index in [2.05, 4.69) is 34.7 Å². The van der Waals surface area contributed by atoms with Crippen LogP contribution >= 0.6 is 0 Å². The highest BCUT2D eigenvalue weighted by molar-refractivity contribution is 6.35. The number of aromatic amines is 1. The van der Waals surface area contributed by atoms with Crippen molar-refractivity contribution in [1.82, 2.24) is 4.98 Å². The number of carbonyl (C=O) groups is 1. The molecule has 0 aliphatic carbocycles. The molecule has 4 nitrogen and oxygen atoms in total. The maximum absolute atomic E-state index is 12.3. The lowest BCUT2D eigenvalue weighted by Crippen LogP contribution is -2.03. The normalized spacial score (nSPS) is 14.5. The average Bonchev–Trinajstić information content (AvgIpc) is 3.11. The summed E-state index contributed by atoms with van der Waals surface area (Å²) in [6.07, 6.45) is 3.82. The van der Waals surface area contributed by atoms with E-state index in [9.17, 15) is 4.79 Å². The minimum Gasteiger partial charge on any atom is -0.361 e. The molecule has 0 atom stereocenters. The summed E-state index contributed by atoms with van der Waals surface area (Å²) in [5.41, 5.74) is 7.68. The van der Waals surface area contributed by atoms with Gasteiger partial charge in [-0.2, -0.15) is 0 Å². The quantitative estimate of drug-likeness (QED) is 0.601. The van der Waals surface area contributed by atoms with Crippen molar-refractivity contribution in [3.8, 4) is 0 Å². The summed E-state index contributed by atoms with van der Waals surface area (Å²) >= 11 is 0. The van der Waals surface area contributed by atoms with E-state index in [1.165, 1.54) is 5.56 Å². The van der Waals surface area contributed by atoms with Crippen LogP contribution in [-0.2, 0) is 4.79 Å². The van der Waals surface area contributed by atoms with E-state index in [1.54, 1.807) is 0 Å². The molecule has 0 saturated heterocycles. The zero-order chi connectivity index (χ0) is 17.4. The zero-order valence-corrected chi connectivity index (χ0v) is 14.2. The Bertz CT molecular complexity index is 998. The summed E-state index contributed by atoms with van der Waals surface area (Å²) in [7, 11) is 0. The van der Waals surface area contributed by atoms with Gasteiger partial charge in [0.15, 0.2) is 0 Å². The van der Waals surface area contributed by atoms with Gasteiger partial charge in [-0.05, 0) is 61.4 Å². The van der Waals surface area contributed by atoms with E-state index in [-0.39, 0.29) is 5.91 Å². The van der Waals surface area contributed by atoms with Crippen molar-refractivity contribution >= 4 is 34.6 Å². The molecule has 0 fully saturated rings. The molecule has 0 bridgehead atoms. The van der Waals surface area contributed by atoms with Gasteiger partial charge in [-0.15, -0.1) is 0 Å². The van der Waals surface area contributed by atoms with Gasteiger partial charge in [0.25, 0.3) is 5.91 Å². The van der Waals surface area contributed by atoms with Crippen LogP contribution in [0.15, 0.2) is 54.7 Å². The molecule has 4 heteroatoms. The second-order valence-corrected chi connectivity index (χ2v) is 6.40. The summed E-state index contributed by atoms with van der Waals surface area (Å²) in [5, 5.41) is 6.33. The van der Waals surface area contributed by atoms with Gasteiger partial charge in [-0.1, -0.05) is 18.2 Å². The first kappa shape index (κ1) is 15.3. The molecule has 25 heavy (non-hydrogen) atoms. The van der Waals surface area contributed by atoms with Crippen LogP contribution in [0.5, 0.6) is 0 Å². The van der Waals surface area contributed by atoms with Gasteiger partial charge in [-0.25, -0.2) is 0 Å². The number of hydrogen-bond acceptors (Lipinski definition) is 2. The molecule has 4 rings (SSSR count). The van der Waals surface area contributed by atoms with Crippen molar-refractivity contribution < 1.29 is 4.79 Å². The van der Waals surface area contributed by atoms with E-state index in [1.807, 2.05) is 55.6 Å². The molecule has 0 radical (unpaired) electrons. The molecule has 1 aromatic heterocycles. The van der Waals surface area contributed by atoms with E-state index >= 15 is 0 Å². The SMILES string of the molecule is Cc1cccc(Nc2ccc3c(c2)NC(=O)/C3=C\c2cc(C)c[nH]2)c1. The fourth-order valence-electron chi connectivity index (χ4n) is 3.07. The first-order valence-electron chi connectivity index (χ1n) is 8.25. The summed E-state index contributed by atoms with van der Waals surface area (Å²) < 4.78 is 0. The fraction of sp³-hybridized carbons (Fsp3) is 0.0952. The molecule has 0 spiro atoms. The Kier molecular flexibility index (Phi) is 3.65. The number of H-pyrrole nitrogens is 1. The van der Waals surface area contributed by atoms with Crippen molar-refractivity contribution in [2.45, 2.75) is 13.8 Å². The molecular formula is C21H19N3O. The summed E-state index contributed by atoms with van der Waals surface area (Å²) in [6.45, 7) is 4.08. The molecule has 2 heterocycles. The van der Waals surface area contributed by atoms with Crippen molar-refractivity contribution in [3.63, 3.8) is 0 Å². The Morgan fingerprint density at radius 2 is 1.80 bits per heavy atom. The monoisotopic (exact) mass is 329 g/mol. The van der Waals surface area contributed by atoms with E-state index in [0.29, 0.717) is 5.57 Å². The number of hydrogen-bond donors (Lipinski definition) is 3. The predicted molar refractivity (Wildman–Crippen MR) is 103 cm³/mol. The number of anilines is 3. The highest BCUT2D eigenvalue weighted by Crippen LogP contribution is 2.35. The molecule has 0 unspecified atom stereocenters. The van der Waals surface area contributed by atoms with Crippen molar-refractivity contribution in [2.24, 2.45) is 0 Å². The Labute approximate surface area is 146 Å². The largest absolute Gasteiger partial charge is 0.361 e. The minimum atomic E-state index is -0.0741. The number of aromatic nitrogens is 1. The fourth-order valence-corrected chi connectivity index (χ4v) is 3.07. The van der Waals surface area contributed by atoms with Crippen molar-refractivity contribution in [1.29, 1.82) is 0 Å². The first-order chi connectivity index (χ1) is 12.1. The highest BCUT2D eigenvalue weighted by atomic mass is 16.2. The van der Waals surface area contributed by atoms with E-state index < -0.39 is 0 Å². The van der Waals surface area contributed by atoms with Gasteiger partial charge in [0.05, 0.1) is 11.3 Å². The maximum atomic E-state index is 12.3. The predicted octanol–water partition coefficient (Wildman–Crippen LogP) is 4.87. The number of amides is 1. The Morgan fingerprint density at radius 3 is 2.56 bits per heavy atom. The lowest BCUT2D eigenvalue weighted by molar-refractivity contribution is -0.110. The number of aryl methyl sites for hydroxylation is 2. The first-order valence-corrected chi connectivity index (χ1v) is 8.25. The topological polar surface area (TPSA) is 56.9 Å². The van der Waals surface area contributed by atoms with E-state index in [0.717, 1.165) is 33.9 Å². The molecule has 3 N–H and O–H groups in total. The molecule has 1 aliphatic heterocycles. The number of nitrogens with one attached hydrogen (secondary N) is 3. The summed E-state index contributed by atoms with van der Waals surface area (Å²) in [5.74, 6) is -0.0741. The van der Waals surface area contributed by atoms with Crippen LogP contribution in [0, 0.1) is 13.8 Å². The Hall–Kier alpha value is -3.27. The minimum absolute atomic E-state index is 0.0741. The Balaban J connectivity index is 1.65. The van der Waals surface area contributed by atoms with Crippen LogP contribution in [-0.4, -0.2) is 10.9 Å². The van der Waals surface area contributed by atoms with Gasteiger partial charge in [0.1, 0.15) is 0 Å². The van der Waals surface area contributed by atoms with Gasteiger partial charge in [-0.3, -0.25) is 4.79 Å². The van der Waals surface area contributed by atoms with Crippen LogP contribution in [0.1, 0.15) is 22.4 Å². The van der Waals surface area contributed by atoms with Crippen LogP contribution in [0.3, 0.4) is 0 Å². The van der Waals surface area contributed by atoms with Crippen LogP contribution in [0.2, 0.25) is 0 Å². The average molecular weight is 329 g/mol. The third-order valence-electron chi connectivity index (χ3n) is 4.26. The van der Waals surface area contributed by atoms with Crippen LogP contribution in [0.25, 0.3) is 11.6 Å². The third kappa shape index (κ3) is 3.06. The van der Waals surface area contributed by atoms with Gasteiger partial charge in [0.2, 0.25) is 0 Å². The number of benzene rings is 2. The Morgan fingerprint density at radius 1 is 0.960 bits per heavy atom. The van der Waals surface area contributed by atoms with Crippen LogP contribution in [0.4, 0.5) is 17.1 Å². The molecule has 3 aromatic rings. The highest BCUT2D eigenvalue weighted by Gasteiger charge is 2.24. The standard InChI is InChI=1S/C21H19N3O/c1-13-4-3-5-15(8-13)23-16-6-7-18-19(21(25)24-20(18)11-16)10-17-9-14(2)12-22-17/h3-12,22-23H,1-2H3,(H,24,25)/b19-10-. The van der Waals surface area contributed by atoms with Crippen LogP contribution < -0.4 is 10.6 Å². The second kappa shape index (κ2) is 5.98. The number of fused-ring (bicyclic) bond motifs is 1. The molecule has 0 saturated carbocycles. The summed E-state index contributed by atoms with van der Waals surface area (Å²) in [4.78, 5) is 15.5. The van der Waals surface area contributed by atoms with Gasteiger partial charge < -0.3 is 15.6 Å². The smallest absolute Gasteiger partial charge is 0.256 e.